The summed E-state index contributed by atoms with van der Waals surface area (Å²) in [5.74, 6) is 0. The normalized spacial score (nSPS) is 9.33. The topological polar surface area (TPSA) is 38.0 Å². The highest BCUT2D eigenvalue weighted by molar-refractivity contribution is 6.16. The van der Waals surface area contributed by atoms with Gasteiger partial charge in [-0.05, 0) is 12.1 Å². The van der Waals surface area contributed by atoms with Crippen molar-refractivity contribution < 1.29 is 0 Å². The Bertz CT molecular complexity index is 200. The minimum atomic E-state index is 0.826. The van der Waals surface area contributed by atoms with Gasteiger partial charge in [-0.25, -0.2) is 0 Å². The van der Waals surface area contributed by atoms with Crippen molar-refractivity contribution in [1.82, 2.24) is 0 Å². The zero-order valence-corrected chi connectivity index (χ0v) is 7.39. The van der Waals surface area contributed by atoms with Crippen molar-refractivity contribution >= 4 is 21.8 Å². The first kappa shape index (κ1) is 6.16. The molecule has 1 aromatic carbocycles. The molecule has 1 aromatic rings. The van der Waals surface area contributed by atoms with Gasteiger partial charge < -0.3 is 10.7 Å². The van der Waals surface area contributed by atoms with E-state index in [1.165, 1.54) is 0 Å². The molecule has 0 aliphatic heterocycles. The molecule has 0 saturated heterocycles. The van der Waals surface area contributed by atoms with Crippen molar-refractivity contribution in [2.75, 3.05) is 10.7 Å². The number of hydrogen-bond acceptors (Lipinski definition) is 2. The van der Waals surface area contributed by atoms with E-state index in [1.807, 2.05) is 24.3 Å². The molecule has 0 aromatic heterocycles. The quantitative estimate of drug-likeness (QED) is 0.422. The molecule has 0 spiro atoms. The first-order chi connectivity index (χ1) is 4.34. The van der Waals surface area contributed by atoms with Crippen LogP contribution in [0.25, 0.3) is 0 Å². The zero-order chi connectivity index (χ0) is 6.69. The van der Waals surface area contributed by atoms with Crippen LogP contribution in [0.15, 0.2) is 24.3 Å². The third kappa shape index (κ3) is 1.23. The number of nitrogens with two attached hydrogens (primary N) is 1. The van der Waals surface area contributed by atoms with Crippen molar-refractivity contribution in [3.63, 3.8) is 0 Å². The average Bonchev–Trinajstić information content (AvgIpc) is 1.89. The second-order valence-electron chi connectivity index (χ2n) is 1.84. The molecular weight excluding hydrogens is 128 g/mol. The summed E-state index contributed by atoms with van der Waals surface area (Å²) in [6.07, 6.45) is 0. The summed E-state index contributed by atoms with van der Waals surface area (Å²) in [6, 6.07) is 7.76. The molecule has 0 aliphatic rings. The maximum absolute atomic E-state index is 5.59. The number of nitrogen functional groups attached to an aromatic ring is 1. The van der Waals surface area contributed by atoms with E-state index in [0.29, 0.717) is 0 Å². The molecule has 0 unspecified atom stereocenters. The van der Waals surface area contributed by atoms with Gasteiger partial charge in [0, 0.05) is 5.69 Å². The van der Waals surface area contributed by atoms with Crippen LogP contribution in [-0.4, -0.2) is 10.4 Å². The van der Waals surface area contributed by atoms with Crippen LogP contribution in [0.3, 0.4) is 0 Å². The van der Waals surface area contributed by atoms with Crippen LogP contribution in [0.1, 0.15) is 0 Å². The molecule has 0 aliphatic carbocycles. The van der Waals surface area contributed by atoms with Crippen LogP contribution in [-0.2, 0) is 0 Å². The Morgan fingerprint density at radius 3 is 2.44 bits per heavy atom. The van der Waals surface area contributed by atoms with Crippen LogP contribution in [0.2, 0.25) is 0 Å². The van der Waals surface area contributed by atoms with Crippen LogP contribution in [0.5, 0.6) is 0 Å². The summed E-state index contributed by atoms with van der Waals surface area (Å²) >= 11 is 0. The number of para-hydroxylation sites is 2. The maximum atomic E-state index is 5.59. The molecule has 3 N–H and O–H groups in total. The van der Waals surface area contributed by atoms with Crippen molar-refractivity contribution in [3.05, 3.63) is 24.3 Å². The number of rotatable bonds is 1. The predicted molar refractivity (Wildman–Crippen MR) is 44.4 cm³/mol. The van der Waals surface area contributed by atoms with E-state index in [0.717, 1.165) is 21.8 Å². The standard InChI is InChI=1S/C6H10N2Si/c7-5-3-1-2-4-6(5)8-9/h1-4,8H,7H2,9H3. The molecule has 0 atom stereocenters. The highest BCUT2D eigenvalue weighted by Crippen LogP contribution is 2.14. The highest BCUT2D eigenvalue weighted by atomic mass is 28.2. The minimum absolute atomic E-state index is 0.826. The Morgan fingerprint density at radius 1 is 1.33 bits per heavy atom. The smallest absolute Gasteiger partial charge is 0.104 e. The van der Waals surface area contributed by atoms with Crippen molar-refractivity contribution in [3.8, 4) is 0 Å². The van der Waals surface area contributed by atoms with E-state index in [1.54, 1.807) is 0 Å². The van der Waals surface area contributed by atoms with Gasteiger partial charge in [0.2, 0.25) is 0 Å². The summed E-state index contributed by atoms with van der Waals surface area (Å²) < 4.78 is 0. The average molecular weight is 138 g/mol. The number of anilines is 2. The molecule has 0 bridgehead atoms. The van der Waals surface area contributed by atoms with Crippen LogP contribution < -0.4 is 10.7 Å². The lowest BCUT2D eigenvalue weighted by Gasteiger charge is -2.01. The molecule has 0 saturated carbocycles. The second kappa shape index (κ2) is 2.55. The van der Waals surface area contributed by atoms with E-state index in [4.69, 9.17) is 5.73 Å². The maximum Gasteiger partial charge on any atom is 0.104 e. The predicted octanol–water partition coefficient (Wildman–Crippen LogP) is -0.0389. The fraction of sp³-hybridized carbons (Fsp3) is 0. The van der Waals surface area contributed by atoms with Crippen LogP contribution in [0.4, 0.5) is 11.4 Å². The van der Waals surface area contributed by atoms with Gasteiger partial charge in [-0.2, -0.15) is 0 Å². The first-order valence-electron chi connectivity index (χ1n) is 2.87. The number of nitrogens with one attached hydrogen (secondary N) is 1. The fourth-order valence-corrected chi connectivity index (χ4v) is 1.18. The second-order valence-corrected chi connectivity index (χ2v) is 2.34. The first-order valence-corrected chi connectivity index (χ1v) is 3.87. The van der Waals surface area contributed by atoms with Crippen LogP contribution >= 0.6 is 0 Å². The molecule has 9 heavy (non-hydrogen) atoms. The monoisotopic (exact) mass is 138 g/mol. The lowest BCUT2D eigenvalue weighted by molar-refractivity contribution is 1.66. The van der Waals surface area contributed by atoms with Gasteiger partial charge in [0.15, 0.2) is 0 Å². The molecule has 48 valence electrons. The van der Waals surface area contributed by atoms with Crippen molar-refractivity contribution in [2.24, 2.45) is 0 Å². The van der Waals surface area contributed by atoms with Crippen molar-refractivity contribution in [1.29, 1.82) is 0 Å². The minimum Gasteiger partial charge on any atom is -0.417 e. The van der Waals surface area contributed by atoms with Gasteiger partial charge in [-0.3, -0.25) is 0 Å². The van der Waals surface area contributed by atoms with E-state index in [9.17, 15) is 0 Å². The molecule has 0 radical (unpaired) electrons. The number of hydrogen-bond donors (Lipinski definition) is 2. The lowest BCUT2D eigenvalue weighted by Crippen LogP contribution is -1.95. The lowest BCUT2D eigenvalue weighted by atomic mass is 10.3. The molecule has 0 amide bonds. The van der Waals surface area contributed by atoms with Gasteiger partial charge in [0.25, 0.3) is 0 Å². The zero-order valence-electron chi connectivity index (χ0n) is 5.39. The summed E-state index contributed by atoms with van der Waals surface area (Å²) in [7, 11) is 0.945. The molecule has 2 nitrogen and oxygen atoms in total. The molecule has 3 heteroatoms. The number of benzene rings is 1. The third-order valence-electron chi connectivity index (χ3n) is 1.23. The van der Waals surface area contributed by atoms with Crippen LogP contribution in [0, 0.1) is 0 Å². The summed E-state index contributed by atoms with van der Waals surface area (Å²) in [5, 5.41) is 0. The van der Waals surface area contributed by atoms with E-state index in [-0.39, 0.29) is 0 Å². The molecule has 0 fully saturated rings. The Morgan fingerprint density at radius 2 is 2.00 bits per heavy atom. The van der Waals surface area contributed by atoms with Gasteiger partial charge in [0.05, 0.1) is 5.69 Å². The summed E-state index contributed by atoms with van der Waals surface area (Å²) in [5.41, 5.74) is 7.46. The highest BCUT2D eigenvalue weighted by Gasteiger charge is 1.89. The fourth-order valence-electron chi connectivity index (χ4n) is 0.725. The van der Waals surface area contributed by atoms with Gasteiger partial charge in [-0.1, -0.05) is 12.1 Å². The largest absolute Gasteiger partial charge is 0.417 e. The Balaban J connectivity index is 3.01. The Labute approximate surface area is 57.6 Å². The van der Waals surface area contributed by atoms with Crippen molar-refractivity contribution in [2.45, 2.75) is 0 Å². The molecular formula is C6H10N2Si. The van der Waals surface area contributed by atoms with E-state index in [2.05, 4.69) is 4.98 Å². The molecule has 0 heterocycles. The van der Waals surface area contributed by atoms with Gasteiger partial charge >= 0.3 is 0 Å². The summed E-state index contributed by atoms with van der Waals surface area (Å²) in [6.45, 7) is 0. The molecule has 1 rings (SSSR count). The SMILES string of the molecule is Nc1ccccc1N[SiH3]. The summed E-state index contributed by atoms with van der Waals surface area (Å²) in [4.78, 5) is 3.11. The van der Waals surface area contributed by atoms with Gasteiger partial charge in [-0.15, -0.1) is 0 Å². The Hall–Kier alpha value is -0.963. The Kier molecular flexibility index (Phi) is 1.74. The van der Waals surface area contributed by atoms with Gasteiger partial charge in [0.1, 0.15) is 10.4 Å². The third-order valence-corrected chi connectivity index (χ3v) is 1.77. The van der Waals surface area contributed by atoms with E-state index < -0.39 is 0 Å². The van der Waals surface area contributed by atoms with E-state index >= 15 is 0 Å².